The number of fused-ring (bicyclic) bond motifs is 2. The van der Waals surface area contributed by atoms with Crippen molar-refractivity contribution in [3.63, 3.8) is 0 Å². The van der Waals surface area contributed by atoms with E-state index >= 15 is 0 Å². The van der Waals surface area contributed by atoms with E-state index in [0.717, 1.165) is 12.8 Å². The van der Waals surface area contributed by atoms with Crippen LogP contribution in [0.25, 0.3) is 0 Å². The number of hydrogen-bond acceptors (Lipinski definition) is 3. The van der Waals surface area contributed by atoms with E-state index in [1.165, 1.54) is 22.3 Å². The smallest absolute Gasteiger partial charge is 0.220 e. The monoisotopic (exact) mass is 371 g/mol. The molecule has 2 aromatic carbocycles. The van der Waals surface area contributed by atoms with Crippen LogP contribution in [-0.4, -0.2) is 32.4 Å². The number of nitrogens with one attached hydrogen (secondary N) is 1. The van der Waals surface area contributed by atoms with Gasteiger partial charge in [0.25, 0.3) is 0 Å². The Labute approximate surface area is 155 Å². The van der Waals surface area contributed by atoms with Crippen molar-refractivity contribution >= 4 is 15.7 Å². The van der Waals surface area contributed by atoms with E-state index in [-0.39, 0.29) is 29.9 Å². The predicted molar refractivity (Wildman–Crippen MR) is 104 cm³/mol. The van der Waals surface area contributed by atoms with E-state index in [4.69, 9.17) is 0 Å². The molecule has 5 heteroatoms. The maximum absolute atomic E-state index is 12.5. The quantitative estimate of drug-likeness (QED) is 0.849. The Morgan fingerprint density at radius 1 is 1.00 bits per heavy atom. The average molecular weight is 372 g/mol. The third-order valence-corrected chi connectivity index (χ3v) is 6.80. The Morgan fingerprint density at radius 2 is 1.54 bits per heavy atom. The molecule has 1 N–H and O–H groups in total. The van der Waals surface area contributed by atoms with Gasteiger partial charge >= 0.3 is 0 Å². The number of rotatable bonds is 6. The summed E-state index contributed by atoms with van der Waals surface area (Å²) in [4.78, 5) is 12.5. The van der Waals surface area contributed by atoms with Crippen LogP contribution in [0.3, 0.4) is 0 Å². The molecule has 1 aliphatic rings. The third-order valence-electron chi connectivity index (χ3n) is 5.09. The van der Waals surface area contributed by atoms with Crippen molar-refractivity contribution in [3.8, 4) is 0 Å². The molecule has 0 saturated heterocycles. The largest absolute Gasteiger partial charge is 0.355 e. The van der Waals surface area contributed by atoms with Crippen molar-refractivity contribution in [3.05, 3.63) is 70.8 Å². The first-order chi connectivity index (χ1) is 12.5. The van der Waals surface area contributed by atoms with Crippen molar-refractivity contribution in [2.24, 2.45) is 0 Å². The maximum Gasteiger partial charge on any atom is 0.220 e. The second kappa shape index (κ2) is 8.04. The summed E-state index contributed by atoms with van der Waals surface area (Å²) < 4.78 is 23.2. The summed E-state index contributed by atoms with van der Waals surface area (Å²) in [7, 11) is -3.07. The van der Waals surface area contributed by atoms with Gasteiger partial charge in [-0.2, -0.15) is 0 Å². The fraction of sp³-hybridized carbons (Fsp3) is 0.381. The molecule has 3 rings (SSSR count). The van der Waals surface area contributed by atoms with E-state index in [1.807, 2.05) is 24.3 Å². The Hall–Kier alpha value is -2.14. The third kappa shape index (κ3) is 4.33. The van der Waals surface area contributed by atoms with Crippen LogP contribution in [0.1, 0.15) is 41.5 Å². The summed E-state index contributed by atoms with van der Waals surface area (Å²) in [6.45, 7) is 1.79. The number of amides is 1. The molecule has 0 spiro atoms. The Morgan fingerprint density at radius 3 is 2.08 bits per heavy atom. The molecule has 0 aliphatic heterocycles. The van der Waals surface area contributed by atoms with Crippen molar-refractivity contribution in [1.82, 2.24) is 5.32 Å². The van der Waals surface area contributed by atoms with Gasteiger partial charge in [0.2, 0.25) is 5.91 Å². The Bertz CT molecular complexity index is 842. The Balaban J connectivity index is 1.79. The van der Waals surface area contributed by atoms with Crippen molar-refractivity contribution in [2.45, 2.75) is 32.1 Å². The lowest BCUT2D eigenvalue weighted by Crippen LogP contribution is -2.30. The molecule has 0 atom stereocenters. The van der Waals surface area contributed by atoms with Gasteiger partial charge in [0, 0.05) is 24.6 Å². The molecule has 0 fully saturated rings. The second-order valence-electron chi connectivity index (χ2n) is 6.74. The minimum absolute atomic E-state index is 0.00686. The predicted octanol–water partition coefficient (Wildman–Crippen LogP) is 2.86. The van der Waals surface area contributed by atoms with Gasteiger partial charge in [-0.1, -0.05) is 55.5 Å². The molecule has 0 aromatic heterocycles. The number of aryl methyl sites for hydroxylation is 2. The van der Waals surface area contributed by atoms with Crippen molar-refractivity contribution in [1.29, 1.82) is 0 Å². The topological polar surface area (TPSA) is 63.2 Å². The first kappa shape index (κ1) is 18.6. The van der Waals surface area contributed by atoms with Gasteiger partial charge in [0.1, 0.15) is 0 Å². The van der Waals surface area contributed by atoms with Gasteiger partial charge in [-0.25, -0.2) is 8.42 Å². The highest BCUT2D eigenvalue weighted by Gasteiger charge is 2.25. The maximum atomic E-state index is 12.5. The van der Waals surface area contributed by atoms with Crippen LogP contribution in [0.2, 0.25) is 0 Å². The molecule has 0 radical (unpaired) electrons. The summed E-state index contributed by atoms with van der Waals surface area (Å²) in [5.41, 5.74) is 4.98. The Kier molecular flexibility index (Phi) is 5.77. The van der Waals surface area contributed by atoms with Gasteiger partial charge in [-0.3, -0.25) is 4.79 Å². The van der Waals surface area contributed by atoms with Crippen LogP contribution in [-0.2, 0) is 27.5 Å². The molecule has 0 unspecified atom stereocenters. The minimum atomic E-state index is -3.07. The standard InChI is InChI=1S/C21H25NO3S/c1-2-26(24,25)14-13-22-21(23)15-20-18-9-5-3-7-16(18)11-12-17-8-4-6-10-19(17)20/h3-10,20H,2,11-15H2,1H3,(H,22,23). The van der Waals surface area contributed by atoms with Crippen molar-refractivity contribution in [2.75, 3.05) is 18.1 Å². The number of benzene rings is 2. The highest BCUT2D eigenvalue weighted by Crippen LogP contribution is 2.36. The van der Waals surface area contributed by atoms with E-state index in [2.05, 4.69) is 29.6 Å². The summed E-state index contributed by atoms with van der Waals surface area (Å²) in [6.07, 6.45) is 2.28. The number of carbonyl (C=O) groups is 1. The van der Waals surface area contributed by atoms with Gasteiger partial charge in [-0.05, 0) is 35.1 Å². The first-order valence-corrected chi connectivity index (χ1v) is 10.9. The molecule has 1 amide bonds. The molecule has 1 aliphatic carbocycles. The molecule has 26 heavy (non-hydrogen) atoms. The van der Waals surface area contributed by atoms with Crippen LogP contribution in [0, 0.1) is 0 Å². The molecule has 4 nitrogen and oxygen atoms in total. The summed E-state index contributed by atoms with van der Waals surface area (Å²) in [6, 6.07) is 16.6. The lowest BCUT2D eigenvalue weighted by atomic mass is 9.85. The number of carbonyl (C=O) groups excluding carboxylic acids is 1. The van der Waals surface area contributed by atoms with E-state index < -0.39 is 9.84 Å². The fourth-order valence-electron chi connectivity index (χ4n) is 3.61. The highest BCUT2D eigenvalue weighted by atomic mass is 32.2. The molecule has 0 heterocycles. The van der Waals surface area contributed by atoms with Crippen LogP contribution in [0.15, 0.2) is 48.5 Å². The van der Waals surface area contributed by atoms with Gasteiger partial charge in [-0.15, -0.1) is 0 Å². The molecule has 0 saturated carbocycles. The fourth-order valence-corrected chi connectivity index (χ4v) is 4.31. The zero-order valence-electron chi connectivity index (χ0n) is 15.1. The van der Waals surface area contributed by atoms with Crippen LogP contribution >= 0.6 is 0 Å². The van der Waals surface area contributed by atoms with Crippen molar-refractivity contribution < 1.29 is 13.2 Å². The van der Waals surface area contributed by atoms with Crippen LogP contribution in [0.4, 0.5) is 0 Å². The second-order valence-corrected chi connectivity index (χ2v) is 9.21. The lowest BCUT2D eigenvalue weighted by Gasteiger charge is -2.20. The van der Waals surface area contributed by atoms with E-state index in [1.54, 1.807) is 6.92 Å². The summed E-state index contributed by atoms with van der Waals surface area (Å²) >= 11 is 0. The molecule has 138 valence electrons. The molecule has 0 bridgehead atoms. The SMILES string of the molecule is CCS(=O)(=O)CCNC(=O)CC1c2ccccc2CCc2ccccc21. The number of hydrogen-bond donors (Lipinski definition) is 1. The van der Waals surface area contributed by atoms with Crippen LogP contribution < -0.4 is 5.32 Å². The first-order valence-electron chi connectivity index (χ1n) is 9.13. The zero-order valence-corrected chi connectivity index (χ0v) is 15.9. The van der Waals surface area contributed by atoms with Crippen LogP contribution in [0.5, 0.6) is 0 Å². The van der Waals surface area contributed by atoms with E-state index in [0.29, 0.717) is 6.42 Å². The summed E-state index contributed by atoms with van der Waals surface area (Å²) in [5, 5.41) is 2.78. The normalized spacial score (nSPS) is 14.2. The van der Waals surface area contributed by atoms with Gasteiger partial charge in [0.05, 0.1) is 5.75 Å². The van der Waals surface area contributed by atoms with E-state index in [9.17, 15) is 13.2 Å². The molecule has 2 aromatic rings. The van der Waals surface area contributed by atoms with Gasteiger partial charge < -0.3 is 5.32 Å². The number of sulfone groups is 1. The average Bonchev–Trinajstić information content (AvgIpc) is 2.79. The molecular formula is C21H25NO3S. The summed E-state index contributed by atoms with van der Waals surface area (Å²) in [5.74, 6) is -0.000213. The molecular weight excluding hydrogens is 346 g/mol. The minimum Gasteiger partial charge on any atom is -0.355 e. The van der Waals surface area contributed by atoms with Gasteiger partial charge in [0.15, 0.2) is 9.84 Å². The lowest BCUT2D eigenvalue weighted by molar-refractivity contribution is -0.121. The zero-order chi connectivity index (χ0) is 18.6. The highest BCUT2D eigenvalue weighted by molar-refractivity contribution is 7.91.